The fourth-order valence-corrected chi connectivity index (χ4v) is 8.39. The van der Waals surface area contributed by atoms with Crippen LogP contribution in [0.3, 0.4) is 0 Å². The predicted molar refractivity (Wildman–Crippen MR) is 175 cm³/mol. The molecular formula is C34H55N5O5S. The van der Waals surface area contributed by atoms with Crippen molar-refractivity contribution in [1.82, 2.24) is 25.4 Å². The Kier molecular flexibility index (Phi) is 12.3. The Balaban J connectivity index is 1.29. The molecule has 0 radical (unpaired) electrons. The first-order valence-corrected chi connectivity index (χ1v) is 18.4. The van der Waals surface area contributed by atoms with Gasteiger partial charge in [0.1, 0.15) is 4.88 Å². The fourth-order valence-electron chi connectivity index (χ4n) is 7.80. The summed E-state index contributed by atoms with van der Waals surface area (Å²) < 4.78 is 12.8. The van der Waals surface area contributed by atoms with E-state index in [0.29, 0.717) is 50.2 Å². The topological polar surface area (TPSA) is 113 Å². The van der Waals surface area contributed by atoms with Crippen molar-refractivity contribution in [2.45, 2.75) is 103 Å². The first kappa shape index (κ1) is 34.3. The Hall–Kier alpha value is -2.08. The largest absolute Gasteiger partial charge is 0.376 e. The molecule has 5 rings (SSSR count). The zero-order chi connectivity index (χ0) is 31.8. The number of carbonyl (C=O) groups excluding carboxylic acids is 3. The van der Waals surface area contributed by atoms with Crippen LogP contribution in [0.1, 0.15) is 94.7 Å². The summed E-state index contributed by atoms with van der Waals surface area (Å²) in [6, 6.07) is -0.300. The van der Waals surface area contributed by atoms with E-state index >= 15 is 0 Å². The molecule has 1 aromatic heterocycles. The second-order valence-electron chi connectivity index (χ2n) is 14.0. The molecule has 1 spiro atoms. The van der Waals surface area contributed by atoms with Crippen LogP contribution in [0.15, 0.2) is 11.7 Å². The Morgan fingerprint density at radius 2 is 1.82 bits per heavy atom. The molecule has 0 aromatic carbocycles. The van der Waals surface area contributed by atoms with Crippen molar-refractivity contribution in [3.8, 4) is 0 Å². The van der Waals surface area contributed by atoms with E-state index < -0.39 is 11.3 Å². The minimum absolute atomic E-state index is 0.00892. The fraction of sp³-hybridized carbons (Fsp3) is 0.824. The van der Waals surface area contributed by atoms with E-state index in [1.165, 1.54) is 43.4 Å². The Morgan fingerprint density at radius 3 is 2.49 bits per heavy atom. The van der Waals surface area contributed by atoms with Crippen LogP contribution in [0.2, 0.25) is 0 Å². The number of piperidine rings is 1. The van der Waals surface area contributed by atoms with Crippen LogP contribution in [0.25, 0.3) is 0 Å². The molecule has 1 aliphatic carbocycles. The van der Waals surface area contributed by atoms with Crippen LogP contribution in [0.5, 0.6) is 0 Å². The number of nitrogens with zero attached hydrogens (tertiary/aromatic N) is 3. The molecule has 1 unspecified atom stereocenters. The maximum atomic E-state index is 14.3. The monoisotopic (exact) mass is 645 g/mol. The zero-order valence-corrected chi connectivity index (χ0v) is 28.5. The number of carbonyl (C=O) groups is 3. The van der Waals surface area contributed by atoms with E-state index in [-0.39, 0.29) is 41.9 Å². The van der Waals surface area contributed by atoms with Crippen molar-refractivity contribution < 1.29 is 23.9 Å². The van der Waals surface area contributed by atoms with E-state index in [9.17, 15) is 14.4 Å². The number of amides is 3. The van der Waals surface area contributed by atoms with Crippen molar-refractivity contribution >= 4 is 29.1 Å². The van der Waals surface area contributed by atoms with Crippen LogP contribution >= 0.6 is 11.3 Å². The number of ether oxygens (including phenoxy) is 2. The molecule has 4 heterocycles. The van der Waals surface area contributed by atoms with Gasteiger partial charge in [0.05, 0.1) is 42.5 Å². The number of thiazole rings is 1. The number of rotatable bonds is 14. The van der Waals surface area contributed by atoms with E-state index in [4.69, 9.17) is 9.47 Å². The number of aromatic nitrogens is 1. The summed E-state index contributed by atoms with van der Waals surface area (Å²) in [5, 5.41) is 6.73. The molecule has 11 heteroatoms. The smallest absolute Gasteiger partial charge is 0.265 e. The van der Waals surface area contributed by atoms with Crippen LogP contribution in [0, 0.1) is 23.2 Å². The van der Waals surface area contributed by atoms with Crippen molar-refractivity contribution in [2.75, 3.05) is 52.5 Å². The highest BCUT2D eigenvalue weighted by molar-refractivity contribution is 7.11. The van der Waals surface area contributed by atoms with Gasteiger partial charge in [-0.3, -0.25) is 19.4 Å². The third kappa shape index (κ3) is 8.45. The van der Waals surface area contributed by atoms with Gasteiger partial charge in [0, 0.05) is 44.1 Å². The summed E-state index contributed by atoms with van der Waals surface area (Å²) in [7, 11) is 0. The van der Waals surface area contributed by atoms with Crippen LogP contribution in [-0.4, -0.2) is 103 Å². The lowest BCUT2D eigenvalue weighted by molar-refractivity contribution is -0.154. The first-order chi connectivity index (χ1) is 21.8. The summed E-state index contributed by atoms with van der Waals surface area (Å²) in [5.41, 5.74) is 1.20. The van der Waals surface area contributed by atoms with Crippen LogP contribution in [0.4, 0.5) is 0 Å². The lowest BCUT2D eigenvalue weighted by Crippen LogP contribution is -2.65. The molecule has 4 aliphatic rings. The van der Waals surface area contributed by atoms with E-state index in [0.717, 1.165) is 45.2 Å². The lowest BCUT2D eigenvalue weighted by atomic mass is 9.70. The molecule has 1 saturated carbocycles. The van der Waals surface area contributed by atoms with Gasteiger partial charge < -0.3 is 29.9 Å². The van der Waals surface area contributed by atoms with Crippen molar-refractivity contribution in [1.29, 1.82) is 0 Å². The summed E-state index contributed by atoms with van der Waals surface area (Å²) >= 11 is 1.32. The maximum Gasteiger partial charge on any atom is 0.265 e. The van der Waals surface area contributed by atoms with Gasteiger partial charge >= 0.3 is 0 Å². The second-order valence-corrected chi connectivity index (χ2v) is 14.9. The Morgan fingerprint density at radius 1 is 1.09 bits per heavy atom. The average Bonchev–Trinajstić information content (AvgIpc) is 3.73. The highest BCUT2D eigenvalue weighted by Gasteiger charge is 2.59. The van der Waals surface area contributed by atoms with Crippen molar-refractivity contribution in [3.05, 3.63) is 16.6 Å². The molecule has 3 amide bonds. The summed E-state index contributed by atoms with van der Waals surface area (Å²) in [5.74, 6) is 0.171. The van der Waals surface area contributed by atoms with Gasteiger partial charge in [-0.05, 0) is 64.5 Å². The highest BCUT2D eigenvalue weighted by atomic mass is 32.1. The molecule has 3 aliphatic heterocycles. The third-order valence-corrected chi connectivity index (χ3v) is 11.5. The number of nitrogens with one attached hydrogen (secondary N) is 2. The summed E-state index contributed by atoms with van der Waals surface area (Å²) in [6.45, 7) is 11.0. The van der Waals surface area contributed by atoms with Gasteiger partial charge in [-0.2, -0.15) is 0 Å². The molecule has 45 heavy (non-hydrogen) atoms. The van der Waals surface area contributed by atoms with Gasteiger partial charge in [0.2, 0.25) is 11.8 Å². The molecule has 2 N–H and O–H groups in total. The van der Waals surface area contributed by atoms with Gasteiger partial charge in [-0.1, -0.05) is 39.5 Å². The number of hydrogen-bond acceptors (Lipinski definition) is 8. The second kappa shape index (κ2) is 16.2. The number of likely N-dealkylation sites (tertiary alicyclic amines) is 2. The molecular weight excluding hydrogens is 590 g/mol. The molecule has 0 bridgehead atoms. The molecule has 4 atom stereocenters. The van der Waals surface area contributed by atoms with E-state index in [2.05, 4.69) is 29.5 Å². The Bertz CT molecular complexity index is 1100. The summed E-state index contributed by atoms with van der Waals surface area (Å²) in [4.78, 5) is 49.5. The van der Waals surface area contributed by atoms with Gasteiger partial charge in [0.15, 0.2) is 0 Å². The van der Waals surface area contributed by atoms with E-state index in [1.54, 1.807) is 16.6 Å². The lowest BCUT2D eigenvalue weighted by Gasteiger charge is -2.51. The first-order valence-electron chi connectivity index (χ1n) is 17.5. The molecule has 252 valence electrons. The summed E-state index contributed by atoms with van der Waals surface area (Å²) in [6.07, 6.45) is 12.4. The SMILES string of the molecule is CCC[C@@H](CC)C(=O)N1CC2(CN(C(=O)c3cncs3)CC2C(=O)N[C@H](COC2CCNCC2)[C@@H](C)OCC2CCCCC2)C1. The van der Waals surface area contributed by atoms with Crippen LogP contribution < -0.4 is 10.6 Å². The Labute approximate surface area is 273 Å². The third-order valence-electron chi connectivity index (χ3n) is 10.7. The van der Waals surface area contributed by atoms with Crippen LogP contribution in [-0.2, 0) is 19.1 Å². The predicted octanol–water partition coefficient (Wildman–Crippen LogP) is 4.11. The molecule has 1 aromatic rings. The van der Waals surface area contributed by atoms with Crippen molar-refractivity contribution in [3.63, 3.8) is 0 Å². The van der Waals surface area contributed by atoms with Gasteiger partial charge in [0.25, 0.3) is 5.91 Å². The standard InChI is InChI=1S/C34H55N5O5S/c1-4-9-26(5-2)32(41)39-21-34(22-39)20-38(33(42)30-16-36-23-45-30)17-28(34)31(40)37-29(19-44-27-12-14-35-15-13-27)24(3)43-18-25-10-7-6-8-11-25/h16,23-29,35H,4-15,17-22H2,1-3H3,(H,37,40)/t24-,26-,28?,29-/m1/s1. The minimum atomic E-state index is -0.461. The maximum absolute atomic E-state index is 14.3. The number of hydrogen-bond donors (Lipinski definition) is 2. The minimum Gasteiger partial charge on any atom is -0.376 e. The molecule has 4 fully saturated rings. The van der Waals surface area contributed by atoms with Gasteiger partial charge in [-0.25, -0.2) is 0 Å². The van der Waals surface area contributed by atoms with Crippen molar-refractivity contribution in [2.24, 2.45) is 23.2 Å². The normalized spacial score (nSPS) is 24.3. The van der Waals surface area contributed by atoms with E-state index in [1.807, 2.05) is 11.8 Å². The zero-order valence-electron chi connectivity index (χ0n) is 27.6. The quantitative estimate of drug-likeness (QED) is 0.313. The van der Waals surface area contributed by atoms with Gasteiger partial charge in [-0.15, -0.1) is 11.3 Å². The highest BCUT2D eigenvalue weighted by Crippen LogP contribution is 2.45. The molecule has 3 saturated heterocycles. The molecule has 10 nitrogen and oxygen atoms in total. The average molecular weight is 646 g/mol.